The van der Waals surface area contributed by atoms with Gasteiger partial charge in [0.15, 0.2) is 0 Å². The average molecular weight is 284 g/mol. The molecule has 1 unspecified atom stereocenters. The van der Waals surface area contributed by atoms with Crippen molar-refractivity contribution in [2.24, 2.45) is 5.92 Å². The molecule has 1 aromatic heterocycles. The number of nitrogens with one attached hydrogen (secondary N) is 2. The normalized spacial score (nSPS) is 14.3. The zero-order chi connectivity index (χ0) is 15.5. The highest BCUT2D eigenvalue weighted by molar-refractivity contribution is 5.60. The third-order valence-electron chi connectivity index (χ3n) is 3.05. The topological polar surface area (TPSA) is 113 Å². The summed E-state index contributed by atoms with van der Waals surface area (Å²) >= 11 is 0. The fourth-order valence-corrected chi connectivity index (χ4v) is 2.30. The van der Waals surface area contributed by atoms with Crippen LogP contribution in [-0.4, -0.2) is 26.8 Å². The minimum absolute atomic E-state index is 0.0848. The number of rotatable bonds is 6. The van der Waals surface area contributed by atoms with E-state index < -0.39 is 16.9 Å². The highest BCUT2D eigenvalue weighted by Gasteiger charge is 2.23. The lowest BCUT2D eigenvalue weighted by molar-refractivity contribution is 0.0515. The van der Waals surface area contributed by atoms with Crippen molar-refractivity contribution in [3.05, 3.63) is 20.8 Å². The van der Waals surface area contributed by atoms with Crippen molar-refractivity contribution < 1.29 is 5.11 Å². The van der Waals surface area contributed by atoms with Gasteiger partial charge in [-0.15, -0.1) is 0 Å². The predicted molar refractivity (Wildman–Crippen MR) is 80.0 cm³/mol. The molecular weight excluding hydrogens is 260 g/mol. The standard InChI is InChI=1S/C13H24N4O3/c1-5-17-10(14)9(11(18)16-12(17)19)15-7-13(4,20)6-8(2)3/h8,15,20H,5-7,14H2,1-4H3,(H,16,18,19). The first-order valence-corrected chi connectivity index (χ1v) is 6.76. The van der Waals surface area contributed by atoms with Gasteiger partial charge < -0.3 is 16.2 Å². The maximum absolute atomic E-state index is 11.8. The van der Waals surface area contributed by atoms with Gasteiger partial charge in [0, 0.05) is 13.1 Å². The Bertz CT molecular complexity index is 572. The molecule has 1 heterocycles. The van der Waals surface area contributed by atoms with Gasteiger partial charge in [0.05, 0.1) is 5.60 Å². The van der Waals surface area contributed by atoms with Crippen LogP contribution in [0.25, 0.3) is 0 Å². The first-order chi connectivity index (χ1) is 9.18. The molecular formula is C13H24N4O3. The molecule has 0 spiro atoms. The number of nitrogen functional groups attached to an aromatic ring is 1. The van der Waals surface area contributed by atoms with E-state index in [1.165, 1.54) is 4.57 Å². The van der Waals surface area contributed by atoms with Crippen LogP contribution in [0.2, 0.25) is 0 Å². The zero-order valence-electron chi connectivity index (χ0n) is 12.5. The third-order valence-corrected chi connectivity index (χ3v) is 3.05. The summed E-state index contributed by atoms with van der Waals surface area (Å²) in [5.41, 5.74) is 3.88. The molecule has 0 aliphatic heterocycles. The lowest BCUT2D eigenvalue weighted by atomic mass is 9.94. The largest absolute Gasteiger partial charge is 0.388 e. The van der Waals surface area contributed by atoms with E-state index in [-0.39, 0.29) is 18.1 Å². The van der Waals surface area contributed by atoms with Gasteiger partial charge in [-0.1, -0.05) is 13.8 Å². The molecule has 1 rings (SSSR count). The molecule has 0 saturated heterocycles. The summed E-state index contributed by atoms with van der Waals surface area (Å²) < 4.78 is 1.26. The Morgan fingerprint density at radius 1 is 1.45 bits per heavy atom. The van der Waals surface area contributed by atoms with Crippen LogP contribution in [0.1, 0.15) is 34.1 Å². The molecule has 5 N–H and O–H groups in total. The van der Waals surface area contributed by atoms with E-state index in [0.717, 1.165) is 0 Å². The Labute approximate surface area is 117 Å². The van der Waals surface area contributed by atoms with Crippen LogP contribution in [0, 0.1) is 5.92 Å². The molecule has 0 aliphatic carbocycles. The van der Waals surface area contributed by atoms with E-state index in [4.69, 9.17) is 5.73 Å². The summed E-state index contributed by atoms with van der Waals surface area (Å²) in [5.74, 6) is 0.411. The van der Waals surface area contributed by atoms with Gasteiger partial charge in [-0.2, -0.15) is 0 Å². The summed E-state index contributed by atoms with van der Waals surface area (Å²) in [6.07, 6.45) is 0.589. The maximum Gasteiger partial charge on any atom is 0.330 e. The molecule has 0 fully saturated rings. The first kappa shape index (κ1) is 16.3. The van der Waals surface area contributed by atoms with Gasteiger partial charge >= 0.3 is 5.69 Å². The van der Waals surface area contributed by atoms with Crippen molar-refractivity contribution in [1.29, 1.82) is 0 Å². The van der Waals surface area contributed by atoms with E-state index in [2.05, 4.69) is 10.3 Å². The summed E-state index contributed by atoms with van der Waals surface area (Å²) in [6.45, 7) is 8.01. The zero-order valence-corrected chi connectivity index (χ0v) is 12.5. The Hall–Kier alpha value is -1.76. The van der Waals surface area contributed by atoms with Gasteiger partial charge in [0.25, 0.3) is 5.56 Å². The number of aromatic amines is 1. The Kier molecular flexibility index (Phi) is 4.99. The molecule has 0 aromatic carbocycles. The van der Waals surface area contributed by atoms with Crippen LogP contribution in [0.5, 0.6) is 0 Å². The van der Waals surface area contributed by atoms with Crippen molar-refractivity contribution in [1.82, 2.24) is 9.55 Å². The second-order valence-electron chi connectivity index (χ2n) is 5.71. The van der Waals surface area contributed by atoms with Crippen LogP contribution < -0.4 is 22.3 Å². The monoisotopic (exact) mass is 284 g/mol. The lowest BCUT2D eigenvalue weighted by Crippen LogP contribution is -2.39. The Balaban J connectivity index is 3.00. The number of nitrogens with zero attached hydrogens (tertiary/aromatic N) is 1. The molecule has 0 saturated carbocycles. The van der Waals surface area contributed by atoms with Gasteiger partial charge in [-0.3, -0.25) is 14.3 Å². The van der Waals surface area contributed by atoms with Crippen molar-refractivity contribution in [3.63, 3.8) is 0 Å². The third kappa shape index (κ3) is 3.86. The predicted octanol–water partition coefficient (Wildman–Crippen LogP) is 0.348. The molecule has 0 radical (unpaired) electrons. The number of hydrogen-bond acceptors (Lipinski definition) is 5. The van der Waals surface area contributed by atoms with Crippen LogP contribution in [0.4, 0.5) is 11.5 Å². The minimum Gasteiger partial charge on any atom is -0.388 e. The van der Waals surface area contributed by atoms with Crippen molar-refractivity contribution in [3.8, 4) is 0 Å². The number of H-pyrrole nitrogens is 1. The number of anilines is 2. The second-order valence-corrected chi connectivity index (χ2v) is 5.71. The molecule has 7 nitrogen and oxygen atoms in total. The number of nitrogens with two attached hydrogens (primary N) is 1. The van der Waals surface area contributed by atoms with E-state index >= 15 is 0 Å². The van der Waals surface area contributed by atoms with E-state index in [1.807, 2.05) is 13.8 Å². The van der Waals surface area contributed by atoms with Crippen LogP contribution in [0.15, 0.2) is 9.59 Å². The van der Waals surface area contributed by atoms with Gasteiger partial charge in [-0.05, 0) is 26.2 Å². The highest BCUT2D eigenvalue weighted by Crippen LogP contribution is 2.18. The lowest BCUT2D eigenvalue weighted by Gasteiger charge is -2.26. The summed E-state index contributed by atoms with van der Waals surface area (Å²) in [7, 11) is 0. The molecule has 1 atom stereocenters. The van der Waals surface area contributed by atoms with Crippen LogP contribution >= 0.6 is 0 Å². The molecule has 114 valence electrons. The van der Waals surface area contributed by atoms with Crippen LogP contribution in [-0.2, 0) is 6.54 Å². The fraction of sp³-hybridized carbons (Fsp3) is 0.692. The average Bonchev–Trinajstić information content (AvgIpc) is 2.26. The number of aliphatic hydroxyl groups is 1. The van der Waals surface area contributed by atoms with Crippen LogP contribution in [0.3, 0.4) is 0 Å². The minimum atomic E-state index is -0.958. The van der Waals surface area contributed by atoms with E-state index in [1.54, 1.807) is 13.8 Å². The second kappa shape index (κ2) is 6.13. The van der Waals surface area contributed by atoms with Crippen molar-refractivity contribution >= 4 is 11.5 Å². The number of hydrogen-bond donors (Lipinski definition) is 4. The fourth-order valence-electron chi connectivity index (χ4n) is 2.30. The molecule has 1 aromatic rings. The summed E-state index contributed by atoms with van der Waals surface area (Å²) in [5, 5.41) is 13.1. The van der Waals surface area contributed by atoms with E-state index in [0.29, 0.717) is 18.9 Å². The molecule has 20 heavy (non-hydrogen) atoms. The molecule has 0 aliphatic rings. The van der Waals surface area contributed by atoms with Gasteiger partial charge in [0.2, 0.25) is 0 Å². The Morgan fingerprint density at radius 3 is 2.55 bits per heavy atom. The molecule has 0 bridgehead atoms. The van der Waals surface area contributed by atoms with Gasteiger partial charge in [0.1, 0.15) is 11.5 Å². The molecule has 0 amide bonds. The SMILES string of the molecule is CCn1c(N)c(NCC(C)(O)CC(C)C)c(=O)[nH]c1=O. The van der Waals surface area contributed by atoms with Crippen molar-refractivity contribution in [2.75, 3.05) is 17.6 Å². The maximum atomic E-state index is 11.8. The first-order valence-electron chi connectivity index (χ1n) is 6.76. The molecule has 7 heteroatoms. The van der Waals surface area contributed by atoms with E-state index in [9.17, 15) is 14.7 Å². The van der Waals surface area contributed by atoms with Crippen molar-refractivity contribution in [2.45, 2.75) is 46.3 Å². The highest BCUT2D eigenvalue weighted by atomic mass is 16.3. The summed E-state index contributed by atoms with van der Waals surface area (Å²) in [4.78, 5) is 25.5. The number of aromatic nitrogens is 2. The van der Waals surface area contributed by atoms with Gasteiger partial charge in [-0.25, -0.2) is 4.79 Å². The summed E-state index contributed by atoms with van der Waals surface area (Å²) in [6, 6.07) is 0. The quantitative estimate of drug-likeness (QED) is 0.602. The smallest absolute Gasteiger partial charge is 0.330 e. The Morgan fingerprint density at radius 2 is 2.05 bits per heavy atom.